The second kappa shape index (κ2) is 2.90. The van der Waals surface area contributed by atoms with Gasteiger partial charge in [0.15, 0.2) is 0 Å². The minimum atomic E-state index is -0.428. The maximum atomic E-state index is 9.30. The van der Waals surface area contributed by atoms with E-state index in [0.717, 1.165) is 24.5 Å². The molecule has 0 spiro atoms. The second-order valence-electron chi connectivity index (χ2n) is 3.41. The maximum Gasteiger partial charge on any atom is 0.109 e. The molecule has 0 radical (unpaired) electrons. The third kappa shape index (κ3) is 1.25. The van der Waals surface area contributed by atoms with Crippen molar-refractivity contribution in [3.63, 3.8) is 0 Å². The molecule has 3 nitrogen and oxygen atoms in total. The molecule has 3 heteroatoms. The summed E-state index contributed by atoms with van der Waals surface area (Å²) in [5.74, 6) is 1.14. The quantitative estimate of drug-likeness (QED) is 0.682. The molecule has 0 saturated heterocycles. The van der Waals surface area contributed by atoms with Gasteiger partial charge in [-0.25, -0.2) is 4.98 Å². The van der Waals surface area contributed by atoms with Crippen molar-refractivity contribution in [1.29, 1.82) is 0 Å². The summed E-state index contributed by atoms with van der Waals surface area (Å²) in [6.07, 6.45) is 5.08. The van der Waals surface area contributed by atoms with Crippen LogP contribution in [0, 0.1) is 0 Å². The lowest BCUT2D eigenvalue weighted by molar-refractivity contribution is 0.194. The van der Waals surface area contributed by atoms with E-state index >= 15 is 0 Å². The predicted molar refractivity (Wildman–Crippen MR) is 45.8 cm³/mol. The van der Waals surface area contributed by atoms with Gasteiger partial charge in [-0.3, -0.25) is 0 Å². The molecule has 12 heavy (non-hydrogen) atoms. The van der Waals surface area contributed by atoms with E-state index in [1.165, 1.54) is 12.8 Å². The number of nitrogens with zero attached hydrogens (tertiary/aromatic N) is 2. The van der Waals surface area contributed by atoms with Gasteiger partial charge in [0.1, 0.15) is 5.82 Å². The number of imidazole rings is 1. The molecule has 1 unspecified atom stereocenters. The zero-order valence-corrected chi connectivity index (χ0v) is 7.32. The van der Waals surface area contributed by atoms with Gasteiger partial charge in [0.25, 0.3) is 0 Å². The van der Waals surface area contributed by atoms with E-state index in [-0.39, 0.29) is 0 Å². The Hall–Kier alpha value is -0.830. The van der Waals surface area contributed by atoms with Crippen molar-refractivity contribution >= 4 is 0 Å². The molecule has 1 aromatic rings. The van der Waals surface area contributed by atoms with Crippen LogP contribution >= 0.6 is 0 Å². The highest BCUT2D eigenvalue weighted by molar-refractivity contribution is 5.07. The molecule has 1 atom stereocenters. The Kier molecular flexibility index (Phi) is 1.89. The summed E-state index contributed by atoms with van der Waals surface area (Å²) in [5.41, 5.74) is 0.812. The Labute approximate surface area is 72.0 Å². The van der Waals surface area contributed by atoms with Crippen molar-refractivity contribution in [2.45, 2.75) is 38.8 Å². The lowest BCUT2D eigenvalue weighted by Crippen LogP contribution is -2.08. The van der Waals surface area contributed by atoms with E-state index in [2.05, 4.69) is 9.55 Å². The summed E-state index contributed by atoms with van der Waals surface area (Å²) in [7, 11) is 0. The van der Waals surface area contributed by atoms with Crippen LogP contribution in [0.25, 0.3) is 0 Å². The molecule has 0 saturated carbocycles. The van der Waals surface area contributed by atoms with Crippen LogP contribution in [0.4, 0.5) is 0 Å². The number of aryl methyl sites for hydroxylation is 2. The first-order valence-electron chi connectivity index (χ1n) is 4.51. The van der Waals surface area contributed by atoms with Gasteiger partial charge in [0.2, 0.25) is 0 Å². The normalized spacial score (nSPS) is 18.8. The third-order valence-electron chi connectivity index (χ3n) is 2.36. The lowest BCUT2D eigenvalue weighted by atomic mass is 10.2. The van der Waals surface area contributed by atoms with Gasteiger partial charge in [-0.15, -0.1) is 0 Å². The van der Waals surface area contributed by atoms with Crippen LogP contribution in [0.1, 0.15) is 37.4 Å². The summed E-state index contributed by atoms with van der Waals surface area (Å²) in [5, 5.41) is 9.30. The van der Waals surface area contributed by atoms with Gasteiger partial charge >= 0.3 is 0 Å². The molecule has 0 aliphatic carbocycles. The fourth-order valence-corrected chi connectivity index (χ4v) is 1.64. The van der Waals surface area contributed by atoms with Crippen LogP contribution < -0.4 is 0 Å². The Balaban J connectivity index is 2.32. The van der Waals surface area contributed by atoms with Gasteiger partial charge in [0, 0.05) is 19.2 Å². The monoisotopic (exact) mass is 166 g/mol. The second-order valence-corrected chi connectivity index (χ2v) is 3.41. The third-order valence-corrected chi connectivity index (χ3v) is 2.36. The molecule has 2 rings (SSSR count). The Morgan fingerprint density at radius 1 is 1.58 bits per heavy atom. The first kappa shape index (κ1) is 7.80. The summed E-state index contributed by atoms with van der Waals surface area (Å²) in [6, 6.07) is 0. The largest absolute Gasteiger partial charge is 0.387 e. The van der Waals surface area contributed by atoms with Gasteiger partial charge in [-0.05, 0) is 19.8 Å². The first-order chi connectivity index (χ1) is 5.77. The topological polar surface area (TPSA) is 38.0 Å². The van der Waals surface area contributed by atoms with E-state index in [9.17, 15) is 5.11 Å². The Morgan fingerprint density at radius 3 is 3.08 bits per heavy atom. The number of hydrogen-bond acceptors (Lipinski definition) is 2. The average molecular weight is 166 g/mol. The molecule has 1 aliphatic rings. The van der Waals surface area contributed by atoms with Gasteiger partial charge in [-0.1, -0.05) is 0 Å². The molecular weight excluding hydrogens is 152 g/mol. The van der Waals surface area contributed by atoms with Crippen molar-refractivity contribution in [2.75, 3.05) is 0 Å². The smallest absolute Gasteiger partial charge is 0.109 e. The Morgan fingerprint density at radius 2 is 2.42 bits per heavy atom. The summed E-state index contributed by atoms with van der Waals surface area (Å²) in [4.78, 5) is 4.36. The molecule has 1 aliphatic heterocycles. The molecule has 0 aromatic carbocycles. The van der Waals surface area contributed by atoms with Crippen LogP contribution in [-0.2, 0) is 13.0 Å². The molecule has 0 fully saturated rings. The minimum Gasteiger partial charge on any atom is -0.387 e. The van der Waals surface area contributed by atoms with Crippen LogP contribution in [0.2, 0.25) is 0 Å². The van der Waals surface area contributed by atoms with E-state index in [1.807, 2.05) is 6.20 Å². The molecule has 66 valence electrons. The van der Waals surface area contributed by atoms with Crippen LogP contribution in [0.5, 0.6) is 0 Å². The van der Waals surface area contributed by atoms with Crippen molar-refractivity contribution < 1.29 is 5.11 Å². The molecule has 0 bridgehead atoms. The molecular formula is C9H14N2O. The number of fused-ring (bicyclic) bond motifs is 1. The number of aliphatic hydroxyl groups is 1. The number of rotatable bonds is 1. The molecule has 2 heterocycles. The molecule has 0 amide bonds. The van der Waals surface area contributed by atoms with Crippen molar-refractivity contribution in [1.82, 2.24) is 9.55 Å². The van der Waals surface area contributed by atoms with Gasteiger partial charge in [0.05, 0.1) is 11.8 Å². The van der Waals surface area contributed by atoms with Gasteiger partial charge in [-0.2, -0.15) is 0 Å². The number of aliphatic hydroxyl groups excluding tert-OH is 1. The highest BCUT2D eigenvalue weighted by atomic mass is 16.3. The van der Waals surface area contributed by atoms with E-state index in [0.29, 0.717) is 0 Å². The highest BCUT2D eigenvalue weighted by Crippen LogP contribution is 2.17. The number of hydrogen-bond donors (Lipinski definition) is 1. The fraction of sp³-hybridized carbons (Fsp3) is 0.667. The van der Waals surface area contributed by atoms with E-state index in [4.69, 9.17) is 0 Å². The first-order valence-corrected chi connectivity index (χ1v) is 4.51. The zero-order chi connectivity index (χ0) is 8.55. The molecule has 1 aromatic heterocycles. The van der Waals surface area contributed by atoms with Gasteiger partial charge < -0.3 is 9.67 Å². The standard InChI is InChI=1S/C9H14N2O/c1-7(12)8-6-11-5-3-2-4-9(11)10-8/h6-7,12H,2-5H2,1H3. The fourth-order valence-electron chi connectivity index (χ4n) is 1.64. The average Bonchev–Trinajstić information content (AvgIpc) is 2.46. The number of aromatic nitrogens is 2. The van der Waals surface area contributed by atoms with Crippen molar-refractivity contribution in [3.05, 3.63) is 17.7 Å². The van der Waals surface area contributed by atoms with E-state index < -0.39 is 6.10 Å². The SMILES string of the molecule is CC(O)c1cn2c(n1)CCCC2. The van der Waals surface area contributed by atoms with Crippen LogP contribution in [0.3, 0.4) is 0 Å². The lowest BCUT2D eigenvalue weighted by Gasteiger charge is -2.11. The van der Waals surface area contributed by atoms with Crippen LogP contribution in [0.15, 0.2) is 6.20 Å². The van der Waals surface area contributed by atoms with E-state index in [1.54, 1.807) is 6.92 Å². The highest BCUT2D eigenvalue weighted by Gasteiger charge is 2.13. The van der Waals surface area contributed by atoms with Crippen molar-refractivity contribution in [3.8, 4) is 0 Å². The zero-order valence-electron chi connectivity index (χ0n) is 7.32. The summed E-state index contributed by atoms with van der Waals surface area (Å²) in [6.45, 7) is 2.82. The molecule has 1 N–H and O–H groups in total. The maximum absolute atomic E-state index is 9.30. The van der Waals surface area contributed by atoms with Crippen LogP contribution in [-0.4, -0.2) is 14.7 Å². The minimum absolute atomic E-state index is 0.428. The predicted octanol–water partition coefficient (Wildman–Crippen LogP) is 1.27. The summed E-state index contributed by atoms with van der Waals surface area (Å²) < 4.78 is 2.16. The van der Waals surface area contributed by atoms with Crippen molar-refractivity contribution in [2.24, 2.45) is 0 Å². The Bertz CT molecular complexity index is 255. The summed E-state index contributed by atoms with van der Waals surface area (Å²) >= 11 is 0.